The minimum Gasteiger partial charge on any atom is -0.445 e. The van der Waals surface area contributed by atoms with E-state index < -0.39 is 30.8 Å². The molecule has 2 aromatic rings. The summed E-state index contributed by atoms with van der Waals surface area (Å²) in [7, 11) is 0. The number of carbonyl (C=O) groups excluding carboxylic acids is 3. The maximum atomic E-state index is 13.2. The first kappa shape index (κ1) is 31.7. The monoisotopic (exact) mass is 601 g/mol. The van der Waals surface area contributed by atoms with Gasteiger partial charge in [0.05, 0.1) is 19.8 Å². The number of hydrogen-bond acceptors (Lipinski definition) is 7. The molecule has 2 aliphatic rings. The minimum atomic E-state index is -0.880. The maximum Gasteiger partial charge on any atom is 0.408 e. The number of benzene rings is 2. The van der Waals surface area contributed by atoms with E-state index in [1.807, 2.05) is 24.3 Å². The first-order valence-corrected chi connectivity index (χ1v) is 15.0. The molecule has 1 aliphatic heterocycles. The molecule has 1 saturated carbocycles. The molecule has 2 atom stereocenters. The Labute approximate surface area is 251 Å². The third kappa shape index (κ3) is 9.69. The molecule has 0 aromatic heterocycles. The van der Waals surface area contributed by atoms with Gasteiger partial charge in [-0.05, 0) is 42.5 Å². The Morgan fingerprint density at radius 1 is 1.10 bits per heavy atom. The van der Waals surface area contributed by atoms with Gasteiger partial charge in [0, 0.05) is 29.2 Å². The van der Waals surface area contributed by atoms with E-state index in [9.17, 15) is 19.5 Å². The molecule has 0 saturated heterocycles. The number of hydroxylamine groups is 1. The van der Waals surface area contributed by atoms with Gasteiger partial charge in [-0.25, -0.2) is 10.3 Å². The molecule has 42 heavy (non-hydrogen) atoms. The van der Waals surface area contributed by atoms with Gasteiger partial charge in [-0.2, -0.15) is 0 Å². The molecule has 4 rings (SSSR count). The molecule has 0 bridgehead atoms. The summed E-state index contributed by atoms with van der Waals surface area (Å²) >= 11 is 6.01. The average molecular weight is 602 g/mol. The van der Waals surface area contributed by atoms with Gasteiger partial charge in [0.15, 0.2) is 0 Å². The molecule has 0 spiro atoms. The molecule has 1 unspecified atom stereocenters. The van der Waals surface area contributed by atoms with Crippen molar-refractivity contribution in [3.63, 3.8) is 0 Å². The quantitative estimate of drug-likeness (QED) is 0.302. The second kappa shape index (κ2) is 16.5. The minimum absolute atomic E-state index is 0.00882. The van der Waals surface area contributed by atoms with Crippen molar-refractivity contribution in [2.45, 2.75) is 76.7 Å². The highest BCUT2D eigenvalue weighted by Crippen LogP contribution is 2.28. The van der Waals surface area contributed by atoms with Crippen LogP contribution in [0, 0.1) is 5.92 Å². The Kier molecular flexibility index (Phi) is 12.4. The molecule has 1 heterocycles. The van der Waals surface area contributed by atoms with Gasteiger partial charge in [-0.1, -0.05) is 74.0 Å². The Bertz CT molecular complexity index is 1190. The molecule has 3 amide bonds. The summed E-state index contributed by atoms with van der Waals surface area (Å²) in [5.41, 5.74) is 4.89. The number of ether oxygens (including phenoxy) is 2. The molecule has 0 radical (unpaired) electrons. The van der Waals surface area contributed by atoms with Crippen molar-refractivity contribution >= 4 is 35.2 Å². The second-order valence-corrected chi connectivity index (χ2v) is 11.2. The number of alkyl carbamates (subject to hydrolysis) is 1. The smallest absolute Gasteiger partial charge is 0.408 e. The van der Waals surface area contributed by atoms with Crippen molar-refractivity contribution in [1.82, 2.24) is 10.8 Å². The van der Waals surface area contributed by atoms with Gasteiger partial charge in [0.2, 0.25) is 5.91 Å². The predicted molar refractivity (Wildman–Crippen MR) is 158 cm³/mol. The number of aliphatic hydroxyl groups is 1. The normalized spacial score (nSPS) is 17.0. The lowest BCUT2D eigenvalue weighted by Gasteiger charge is -2.27. The van der Waals surface area contributed by atoms with Gasteiger partial charge >= 0.3 is 6.09 Å². The zero-order valence-corrected chi connectivity index (χ0v) is 24.5. The first-order valence-electron chi connectivity index (χ1n) is 14.6. The fourth-order valence-corrected chi connectivity index (χ4v) is 5.59. The van der Waals surface area contributed by atoms with Gasteiger partial charge in [0.1, 0.15) is 18.8 Å². The average Bonchev–Trinajstić information content (AvgIpc) is 3.23. The number of anilines is 1. The summed E-state index contributed by atoms with van der Waals surface area (Å²) in [6, 6.07) is 13.7. The van der Waals surface area contributed by atoms with Crippen molar-refractivity contribution in [3.8, 4) is 0 Å². The van der Waals surface area contributed by atoms with Gasteiger partial charge in [-0.3, -0.25) is 14.4 Å². The number of rotatable bonds is 12. The lowest BCUT2D eigenvalue weighted by atomic mass is 9.84. The van der Waals surface area contributed by atoms with Crippen LogP contribution in [0.2, 0.25) is 5.02 Å². The van der Waals surface area contributed by atoms with Crippen LogP contribution in [0.4, 0.5) is 10.5 Å². The number of aliphatic hydroxyl groups excluding tert-OH is 1. The van der Waals surface area contributed by atoms with Crippen LogP contribution in [-0.2, 0) is 37.1 Å². The number of halogens is 1. The number of carbonyl (C=O) groups is 3. The first-order chi connectivity index (χ1) is 20.4. The van der Waals surface area contributed by atoms with Crippen LogP contribution < -0.4 is 15.7 Å². The second-order valence-electron chi connectivity index (χ2n) is 10.8. The van der Waals surface area contributed by atoms with E-state index in [1.165, 1.54) is 6.42 Å². The highest BCUT2D eigenvalue weighted by Gasteiger charge is 2.28. The van der Waals surface area contributed by atoms with Crippen LogP contribution in [-0.4, -0.2) is 54.9 Å². The summed E-state index contributed by atoms with van der Waals surface area (Å²) < 4.78 is 10.9. The van der Waals surface area contributed by atoms with Crippen LogP contribution in [0.3, 0.4) is 0 Å². The molecule has 228 valence electrons. The zero-order valence-electron chi connectivity index (χ0n) is 23.8. The van der Waals surface area contributed by atoms with Crippen LogP contribution in [0.1, 0.15) is 62.5 Å². The largest absolute Gasteiger partial charge is 0.445 e. The van der Waals surface area contributed by atoms with E-state index >= 15 is 0 Å². The Hall–Kier alpha value is -3.18. The van der Waals surface area contributed by atoms with Crippen LogP contribution in [0.5, 0.6) is 0 Å². The van der Waals surface area contributed by atoms with Crippen molar-refractivity contribution in [2.24, 2.45) is 5.92 Å². The van der Waals surface area contributed by atoms with E-state index in [0.29, 0.717) is 31.2 Å². The molecular formula is C31H40ClN3O7. The summed E-state index contributed by atoms with van der Waals surface area (Å²) in [5, 5.41) is 13.1. The lowest BCUT2D eigenvalue weighted by Crippen LogP contribution is -2.49. The lowest BCUT2D eigenvalue weighted by molar-refractivity contribution is -0.144. The van der Waals surface area contributed by atoms with E-state index in [2.05, 4.69) is 10.8 Å². The van der Waals surface area contributed by atoms with Crippen LogP contribution >= 0.6 is 11.6 Å². The standard InChI is InChI=1S/C31H40ClN3O7/c32-25-11-6-9-23(17-25)20-41-31(39)33-27(18-22-7-2-1-3-8-22)30(38)34-42-26(19-36)13-14-29(37)35-15-16-40-21-24-10-4-5-12-28(24)35/h4-6,9-12,17,22,26-27,36H,1-3,7-8,13-16,18-21H2,(H,33,39)(H,34,38)/t26?,27-/m0/s1. The summed E-state index contributed by atoms with van der Waals surface area (Å²) in [5.74, 6) is -0.376. The summed E-state index contributed by atoms with van der Waals surface area (Å²) in [4.78, 5) is 46.1. The molecule has 1 fully saturated rings. The SMILES string of the molecule is O=C(N[C@@H](CC1CCCCC1)C(=O)NOC(CO)CCC(=O)N1CCOCc2ccccc21)OCc1cccc(Cl)c1. The van der Waals surface area contributed by atoms with E-state index in [4.69, 9.17) is 25.9 Å². The molecule has 3 N–H and O–H groups in total. The number of amides is 3. The highest BCUT2D eigenvalue weighted by atomic mass is 35.5. The van der Waals surface area contributed by atoms with E-state index in [1.54, 1.807) is 29.2 Å². The third-order valence-corrected chi connectivity index (χ3v) is 7.91. The number of nitrogens with zero attached hydrogens (tertiary/aromatic N) is 1. The van der Waals surface area contributed by atoms with Crippen molar-refractivity contribution < 1.29 is 33.8 Å². The molecule has 11 heteroatoms. The molecule has 10 nitrogen and oxygen atoms in total. The number of fused-ring (bicyclic) bond motifs is 1. The van der Waals surface area contributed by atoms with Crippen molar-refractivity contribution in [1.29, 1.82) is 0 Å². The van der Waals surface area contributed by atoms with E-state index in [-0.39, 0.29) is 31.3 Å². The zero-order chi connectivity index (χ0) is 29.7. The number of nitrogens with one attached hydrogen (secondary N) is 2. The van der Waals surface area contributed by atoms with E-state index in [0.717, 1.165) is 42.5 Å². The van der Waals surface area contributed by atoms with Crippen LogP contribution in [0.15, 0.2) is 48.5 Å². The van der Waals surface area contributed by atoms with Crippen molar-refractivity contribution in [2.75, 3.05) is 24.7 Å². The fourth-order valence-electron chi connectivity index (χ4n) is 5.38. The van der Waals surface area contributed by atoms with Crippen LogP contribution in [0.25, 0.3) is 0 Å². The Balaban J connectivity index is 1.29. The molecular weight excluding hydrogens is 562 g/mol. The van der Waals surface area contributed by atoms with Gasteiger partial charge in [0.25, 0.3) is 5.91 Å². The molecule has 1 aliphatic carbocycles. The molecule has 2 aromatic carbocycles. The highest BCUT2D eigenvalue weighted by molar-refractivity contribution is 6.30. The third-order valence-electron chi connectivity index (χ3n) is 7.67. The fraction of sp³-hybridized carbons (Fsp3) is 0.516. The topological polar surface area (TPSA) is 126 Å². The summed E-state index contributed by atoms with van der Waals surface area (Å²) in [6.07, 6.45) is 4.52. The maximum absolute atomic E-state index is 13.2. The summed E-state index contributed by atoms with van der Waals surface area (Å²) in [6.45, 7) is 0.912. The Morgan fingerprint density at radius 3 is 2.69 bits per heavy atom. The number of hydrogen-bond donors (Lipinski definition) is 3. The number of para-hydroxylation sites is 1. The van der Waals surface area contributed by atoms with Gasteiger partial charge in [-0.15, -0.1) is 0 Å². The Morgan fingerprint density at radius 2 is 1.90 bits per heavy atom. The van der Waals surface area contributed by atoms with Gasteiger partial charge < -0.3 is 24.8 Å². The van der Waals surface area contributed by atoms with Crippen molar-refractivity contribution in [3.05, 3.63) is 64.7 Å². The predicted octanol–water partition coefficient (Wildman–Crippen LogP) is 4.66.